The van der Waals surface area contributed by atoms with Crippen LogP contribution in [-0.4, -0.2) is 35.9 Å². The standard InChI is InChI=1S/C11H19N3OS/c1-7(10-6-12-9(3)16-10)13-8(2)11(15)14(4)5/h6-8,13H,1-5H3/t7?,8-/m1/s1. The summed E-state index contributed by atoms with van der Waals surface area (Å²) in [6.45, 7) is 5.91. The zero-order valence-electron chi connectivity index (χ0n) is 10.4. The van der Waals surface area contributed by atoms with Gasteiger partial charge in [-0.05, 0) is 20.8 Å². The first-order valence-corrected chi connectivity index (χ1v) is 6.13. The highest BCUT2D eigenvalue weighted by Gasteiger charge is 2.18. The van der Waals surface area contributed by atoms with E-state index in [4.69, 9.17) is 0 Å². The number of nitrogens with one attached hydrogen (secondary N) is 1. The van der Waals surface area contributed by atoms with Crippen LogP contribution in [0, 0.1) is 6.92 Å². The molecule has 16 heavy (non-hydrogen) atoms. The summed E-state index contributed by atoms with van der Waals surface area (Å²) in [5, 5.41) is 4.32. The van der Waals surface area contributed by atoms with Crippen molar-refractivity contribution in [2.24, 2.45) is 0 Å². The first-order chi connectivity index (χ1) is 7.41. The van der Waals surface area contributed by atoms with Crippen LogP contribution < -0.4 is 5.32 Å². The number of likely N-dealkylation sites (N-methyl/N-ethyl adjacent to an activating group) is 1. The van der Waals surface area contributed by atoms with Crippen molar-refractivity contribution in [2.75, 3.05) is 14.1 Å². The third-order valence-electron chi connectivity index (χ3n) is 2.38. The highest BCUT2D eigenvalue weighted by Crippen LogP contribution is 2.20. The average Bonchev–Trinajstić information content (AvgIpc) is 2.63. The summed E-state index contributed by atoms with van der Waals surface area (Å²) >= 11 is 1.66. The third kappa shape index (κ3) is 3.28. The summed E-state index contributed by atoms with van der Waals surface area (Å²) in [6, 6.07) is -0.0162. The molecular formula is C11H19N3OS. The molecule has 4 nitrogen and oxygen atoms in total. The summed E-state index contributed by atoms with van der Waals surface area (Å²) in [7, 11) is 3.53. The third-order valence-corrected chi connectivity index (χ3v) is 3.47. The zero-order valence-corrected chi connectivity index (χ0v) is 11.3. The fraction of sp³-hybridized carbons (Fsp3) is 0.636. The maximum Gasteiger partial charge on any atom is 0.238 e. The maximum atomic E-state index is 11.7. The molecule has 2 atom stereocenters. The Morgan fingerprint density at radius 2 is 2.12 bits per heavy atom. The number of rotatable bonds is 4. The largest absolute Gasteiger partial charge is 0.347 e. The van der Waals surface area contributed by atoms with Crippen LogP contribution >= 0.6 is 11.3 Å². The molecule has 1 amide bonds. The summed E-state index contributed by atoms with van der Waals surface area (Å²) < 4.78 is 0. The molecular weight excluding hydrogens is 222 g/mol. The van der Waals surface area contributed by atoms with Crippen LogP contribution in [0.5, 0.6) is 0 Å². The zero-order chi connectivity index (χ0) is 12.3. The molecule has 1 unspecified atom stereocenters. The van der Waals surface area contributed by atoms with Crippen LogP contribution in [0.4, 0.5) is 0 Å². The van der Waals surface area contributed by atoms with E-state index in [1.807, 2.05) is 27.0 Å². The number of hydrogen-bond acceptors (Lipinski definition) is 4. The summed E-state index contributed by atoms with van der Waals surface area (Å²) in [4.78, 5) is 18.6. The predicted octanol–water partition coefficient (Wildman–Crippen LogP) is 1.58. The van der Waals surface area contributed by atoms with Crippen LogP contribution in [0.25, 0.3) is 0 Å². The van der Waals surface area contributed by atoms with Gasteiger partial charge in [-0.25, -0.2) is 4.98 Å². The van der Waals surface area contributed by atoms with Crippen molar-refractivity contribution in [2.45, 2.75) is 32.9 Å². The number of aromatic nitrogens is 1. The van der Waals surface area contributed by atoms with Crippen molar-refractivity contribution in [1.29, 1.82) is 0 Å². The molecule has 1 rings (SSSR count). The first-order valence-electron chi connectivity index (χ1n) is 5.31. The van der Waals surface area contributed by atoms with Gasteiger partial charge in [-0.1, -0.05) is 0 Å². The molecule has 0 saturated heterocycles. The normalized spacial score (nSPS) is 14.6. The van der Waals surface area contributed by atoms with Crippen molar-refractivity contribution in [3.8, 4) is 0 Å². The Morgan fingerprint density at radius 1 is 1.50 bits per heavy atom. The van der Waals surface area contributed by atoms with E-state index in [1.54, 1.807) is 30.3 Å². The summed E-state index contributed by atoms with van der Waals surface area (Å²) in [5.41, 5.74) is 0. The molecule has 0 aliphatic heterocycles. The Labute approximate surface area is 101 Å². The molecule has 1 heterocycles. The molecule has 0 saturated carbocycles. The van der Waals surface area contributed by atoms with E-state index < -0.39 is 0 Å². The van der Waals surface area contributed by atoms with E-state index in [1.165, 1.54) is 0 Å². The smallest absolute Gasteiger partial charge is 0.238 e. The molecule has 0 bridgehead atoms. The minimum Gasteiger partial charge on any atom is -0.347 e. The number of carbonyl (C=O) groups is 1. The summed E-state index contributed by atoms with van der Waals surface area (Å²) in [5.74, 6) is 0.0908. The van der Waals surface area contributed by atoms with Gasteiger partial charge in [0.15, 0.2) is 0 Å². The molecule has 0 aromatic carbocycles. The second kappa shape index (κ2) is 5.41. The van der Waals surface area contributed by atoms with Crippen LogP contribution in [0.15, 0.2) is 6.20 Å². The molecule has 0 aliphatic rings. The number of thiazole rings is 1. The van der Waals surface area contributed by atoms with E-state index in [2.05, 4.69) is 10.3 Å². The second-order valence-corrected chi connectivity index (χ2v) is 5.39. The predicted molar refractivity (Wildman–Crippen MR) is 66.6 cm³/mol. The van der Waals surface area contributed by atoms with Crippen molar-refractivity contribution in [3.05, 3.63) is 16.1 Å². The van der Waals surface area contributed by atoms with E-state index in [9.17, 15) is 4.79 Å². The van der Waals surface area contributed by atoms with Crippen molar-refractivity contribution < 1.29 is 4.79 Å². The van der Waals surface area contributed by atoms with Gasteiger partial charge in [0, 0.05) is 31.2 Å². The van der Waals surface area contributed by atoms with Gasteiger partial charge in [-0.3, -0.25) is 10.1 Å². The highest BCUT2D eigenvalue weighted by atomic mass is 32.1. The molecule has 1 aromatic rings. The molecule has 90 valence electrons. The maximum absolute atomic E-state index is 11.7. The van der Waals surface area contributed by atoms with Gasteiger partial charge in [0.2, 0.25) is 5.91 Å². The van der Waals surface area contributed by atoms with Crippen LogP contribution in [0.1, 0.15) is 29.8 Å². The van der Waals surface area contributed by atoms with Gasteiger partial charge in [-0.2, -0.15) is 0 Å². The topological polar surface area (TPSA) is 45.2 Å². The molecule has 1 N–H and O–H groups in total. The minimum absolute atomic E-state index is 0.0908. The number of amides is 1. The average molecular weight is 241 g/mol. The van der Waals surface area contributed by atoms with Crippen LogP contribution in [-0.2, 0) is 4.79 Å². The van der Waals surface area contributed by atoms with E-state index >= 15 is 0 Å². The number of aryl methyl sites for hydroxylation is 1. The van der Waals surface area contributed by atoms with E-state index in [-0.39, 0.29) is 18.0 Å². The lowest BCUT2D eigenvalue weighted by Crippen LogP contribution is -2.42. The molecule has 0 radical (unpaired) electrons. The lowest BCUT2D eigenvalue weighted by Gasteiger charge is -2.21. The Hall–Kier alpha value is -0.940. The monoisotopic (exact) mass is 241 g/mol. The molecule has 1 aromatic heterocycles. The van der Waals surface area contributed by atoms with E-state index in [0.29, 0.717) is 0 Å². The van der Waals surface area contributed by atoms with Crippen LogP contribution in [0.3, 0.4) is 0 Å². The van der Waals surface area contributed by atoms with Crippen molar-refractivity contribution in [3.63, 3.8) is 0 Å². The summed E-state index contributed by atoms with van der Waals surface area (Å²) in [6.07, 6.45) is 1.87. The second-order valence-electron chi connectivity index (χ2n) is 4.12. The van der Waals surface area contributed by atoms with Crippen molar-refractivity contribution in [1.82, 2.24) is 15.2 Å². The van der Waals surface area contributed by atoms with Crippen LogP contribution in [0.2, 0.25) is 0 Å². The van der Waals surface area contributed by atoms with Gasteiger partial charge in [0.25, 0.3) is 0 Å². The Bertz CT molecular complexity index is 362. The van der Waals surface area contributed by atoms with Gasteiger partial charge in [0.05, 0.1) is 11.0 Å². The molecule has 0 aliphatic carbocycles. The Kier molecular flexibility index (Phi) is 4.44. The number of carbonyl (C=O) groups excluding carboxylic acids is 1. The lowest BCUT2D eigenvalue weighted by atomic mass is 10.2. The Balaban J connectivity index is 2.58. The van der Waals surface area contributed by atoms with Gasteiger partial charge >= 0.3 is 0 Å². The lowest BCUT2D eigenvalue weighted by molar-refractivity contribution is -0.130. The highest BCUT2D eigenvalue weighted by molar-refractivity contribution is 7.11. The molecule has 0 fully saturated rings. The van der Waals surface area contributed by atoms with Gasteiger partial charge < -0.3 is 4.90 Å². The minimum atomic E-state index is -0.174. The van der Waals surface area contributed by atoms with Gasteiger partial charge in [0.1, 0.15) is 0 Å². The fourth-order valence-corrected chi connectivity index (χ4v) is 2.29. The quantitative estimate of drug-likeness (QED) is 0.870. The Morgan fingerprint density at radius 3 is 2.56 bits per heavy atom. The van der Waals surface area contributed by atoms with Gasteiger partial charge in [-0.15, -0.1) is 11.3 Å². The number of hydrogen-bond donors (Lipinski definition) is 1. The molecule has 0 spiro atoms. The fourth-order valence-electron chi connectivity index (χ4n) is 1.49. The SMILES string of the molecule is Cc1ncc(C(C)N[C@H](C)C(=O)N(C)C)s1. The number of nitrogens with zero attached hydrogens (tertiary/aromatic N) is 2. The molecule has 5 heteroatoms. The van der Waals surface area contributed by atoms with E-state index in [0.717, 1.165) is 9.88 Å². The first kappa shape index (κ1) is 13.1. The van der Waals surface area contributed by atoms with Crippen molar-refractivity contribution >= 4 is 17.2 Å².